The zero-order valence-electron chi connectivity index (χ0n) is 7.99. The Labute approximate surface area is 74.4 Å². The molecule has 2 nitrogen and oxygen atoms in total. The maximum absolute atomic E-state index is 4.09. The van der Waals surface area contributed by atoms with Gasteiger partial charge in [-0.2, -0.15) is 0 Å². The molecule has 1 rings (SSSR count). The van der Waals surface area contributed by atoms with E-state index in [9.17, 15) is 0 Å². The summed E-state index contributed by atoms with van der Waals surface area (Å²) in [6.45, 7) is 4.00. The van der Waals surface area contributed by atoms with Gasteiger partial charge >= 0.3 is 0 Å². The van der Waals surface area contributed by atoms with E-state index in [2.05, 4.69) is 16.1 Å². The molecule has 0 unspecified atom stereocenters. The number of rotatable bonds is 1. The van der Waals surface area contributed by atoms with Gasteiger partial charge in [-0.3, -0.25) is 4.99 Å². The van der Waals surface area contributed by atoms with Crippen molar-refractivity contribution in [1.29, 1.82) is 0 Å². The van der Waals surface area contributed by atoms with Crippen molar-refractivity contribution in [2.24, 2.45) is 9.98 Å². The largest absolute Gasteiger partial charge is 0.277 e. The lowest BCUT2D eigenvalue weighted by molar-refractivity contribution is 1.40. The smallest absolute Gasteiger partial charge is 0.109 e. The minimum absolute atomic E-state index is 0.919. The molecule has 0 atom stereocenters. The molecule has 1 aliphatic rings. The molecule has 0 aromatic rings. The summed E-state index contributed by atoms with van der Waals surface area (Å²) in [7, 11) is 1.71. The van der Waals surface area contributed by atoms with Crippen LogP contribution in [0.25, 0.3) is 0 Å². The average molecular weight is 164 g/mol. The molecular weight excluding hydrogens is 148 g/mol. The maximum Gasteiger partial charge on any atom is 0.109 e. The Bertz CT molecular complexity index is 210. The van der Waals surface area contributed by atoms with Crippen LogP contribution in [0.3, 0.4) is 0 Å². The molecule has 0 bridgehead atoms. The molecule has 2 heteroatoms. The molecular formula is C10H16N2. The topological polar surface area (TPSA) is 24.7 Å². The van der Waals surface area contributed by atoms with Gasteiger partial charge in [-0.15, -0.1) is 0 Å². The molecule has 0 heterocycles. The lowest BCUT2D eigenvalue weighted by Gasteiger charge is -1.96. The van der Waals surface area contributed by atoms with Crippen molar-refractivity contribution in [3.63, 3.8) is 0 Å². The number of hydrogen-bond donors (Lipinski definition) is 0. The highest BCUT2D eigenvalue weighted by Gasteiger charge is 1.91. The Kier molecular flexibility index (Phi) is 7.14. The van der Waals surface area contributed by atoms with Crippen LogP contribution >= 0.6 is 0 Å². The second kappa shape index (κ2) is 7.92. The van der Waals surface area contributed by atoms with E-state index in [4.69, 9.17) is 0 Å². The molecule has 0 aromatic carbocycles. The van der Waals surface area contributed by atoms with E-state index < -0.39 is 0 Å². The van der Waals surface area contributed by atoms with Gasteiger partial charge < -0.3 is 0 Å². The van der Waals surface area contributed by atoms with E-state index in [1.165, 1.54) is 0 Å². The Balaban J connectivity index is 0.000000561. The first kappa shape index (κ1) is 10.8. The summed E-state index contributed by atoms with van der Waals surface area (Å²) < 4.78 is 0. The molecule has 0 amide bonds. The third-order valence-electron chi connectivity index (χ3n) is 1.20. The monoisotopic (exact) mass is 164 g/mol. The van der Waals surface area contributed by atoms with E-state index in [1.54, 1.807) is 13.4 Å². The quantitative estimate of drug-likeness (QED) is 0.420. The first-order valence-electron chi connectivity index (χ1n) is 4.24. The maximum atomic E-state index is 4.09. The van der Waals surface area contributed by atoms with E-state index >= 15 is 0 Å². The SMILES string of the molecule is CC.CN=CN=C1C=CC=CC1. The summed E-state index contributed by atoms with van der Waals surface area (Å²) >= 11 is 0. The summed E-state index contributed by atoms with van der Waals surface area (Å²) in [5.41, 5.74) is 1.06. The first-order valence-corrected chi connectivity index (χ1v) is 4.24. The van der Waals surface area contributed by atoms with Crippen LogP contribution in [-0.2, 0) is 0 Å². The summed E-state index contributed by atoms with van der Waals surface area (Å²) in [5, 5.41) is 0. The van der Waals surface area contributed by atoms with E-state index in [1.807, 2.05) is 32.1 Å². The van der Waals surface area contributed by atoms with Crippen molar-refractivity contribution >= 4 is 12.1 Å². The lowest BCUT2D eigenvalue weighted by Crippen LogP contribution is -1.93. The van der Waals surface area contributed by atoms with Gasteiger partial charge in [0.25, 0.3) is 0 Å². The molecule has 1 aliphatic carbocycles. The van der Waals surface area contributed by atoms with Crippen LogP contribution in [0.5, 0.6) is 0 Å². The van der Waals surface area contributed by atoms with Gasteiger partial charge in [0, 0.05) is 19.2 Å². The molecule has 0 saturated heterocycles. The Morgan fingerprint density at radius 3 is 2.58 bits per heavy atom. The average Bonchev–Trinajstić information content (AvgIpc) is 2.19. The fourth-order valence-corrected chi connectivity index (χ4v) is 0.730. The number of allylic oxidation sites excluding steroid dienone is 4. The Morgan fingerprint density at radius 2 is 2.08 bits per heavy atom. The van der Waals surface area contributed by atoms with Crippen LogP contribution < -0.4 is 0 Å². The summed E-state index contributed by atoms with van der Waals surface area (Å²) in [5.74, 6) is 0. The summed E-state index contributed by atoms with van der Waals surface area (Å²) in [6, 6.07) is 0. The number of hydrogen-bond acceptors (Lipinski definition) is 1. The fourth-order valence-electron chi connectivity index (χ4n) is 0.730. The lowest BCUT2D eigenvalue weighted by atomic mass is 10.2. The number of nitrogens with zero attached hydrogens (tertiary/aromatic N) is 2. The zero-order valence-corrected chi connectivity index (χ0v) is 7.99. The first-order chi connectivity index (χ1) is 5.93. The normalized spacial score (nSPS) is 18.1. The van der Waals surface area contributed by atoms with Crippen molar-refractivity contribution in [2.45, 2.75) is 20.3 Å². The molecule has 0 N–H and O–H groups in total. The molecule has 0 aliphatic heterocycles. The highest BCUT2D eigenvalue weighted by molar-refractivity contribution is 6.00. The van der Waals surface area contributed by atoms with Gasteiger partial charge in [-0.1, -0.05) is 32.1 Å². The van der Waals surface area contributed by atoms with E-state index in [0.29, 0.717) is 0 Å². The van der Waals surface area contributed by atoms with Crippen molar-refractivity contribution in [2.75, 3.05) is 7.05 Å². The van der Waals surface area contributed by atoms with Crippen molar-refractivity contribution in [3.05, 3.63) is 24.3 Å². The zero-order chi connectivity index (χ0) is 9.23. The minimum atomic E-state index is 0.919. The molecule has 0 radical (unpaired) electrons. The predicted molar refractivity (Wildman–Crippen MR) is 56.1 cm³/mol. The fraction of sp³-hybridized carbons (Fsp3) is 0.400. The predicted octanol–water partition coefficient (Wildman–Crippen LogP) is 2.63. The highest BCUT2D eigenvalue weighted by Crippen LogP contribution is 1.97. The van der Waals surface area contributed by atoms with E-state index in [0.717, 1.165) is 12.1 Å². The van der Waals surface area contributed by atoms with Crippen LogP contribution in [-0.4, -0.2) is 19.1 Å². The summed E-state index contributed by atoms with van der Waals surface area (Å²) in [6.07, 6.45) is 10.5. The Morgan fingerprint density at radius 1 is 1.33 bits per heavy atom. The van der Waals surface area contributed by atoms with Gasteiger partial charge in [0.15, 0.2) is 0 Å². The van der Waals surface area contributed by atoms with E-state index in [-0.39, 0.29) is 0 Å². The minimum Gasteiger partial charge on any atom is -0.277 e. The molecule has 0 saturated carbocycles. The van der Waals surface area contributed by atoms with Crippen molar-refractivity contribution in [3.8, 4) is 0 Å². The third-order valence-corrected chi connectivity index (χ3v) is 1.20. The molecule has 0 fully saturated rings. The van der Waals surface area contributed by atoms with Gasteiger partial charge in [-0.05, 0) is 6.08 Å². The van der Waals surface area contributed by atoms with Gasteiger partial charge in [0.2, 0.25) is 0 Å². The van der Waals surface area contributed by atoms with Crippen molar-refractivity contribution in [1.82, 2.24) is 0 Å². The second-order valence-electron chi connectivity index (χ2n) is 1.99. The number of aliphatic imine (C=N–C) groups is 2. The molecule has 66 valence electrons. The third kappa shape index (κ3) is 4.61. The molecule has 0 spiro atoms. The van der Waals surface area contributed by atoms with Crippen LogP contribution in [0.2, 0.25) is 0 Å². The Hall–Kier alpha value is -1.18. The van der Waals surface area contributed by atoms with Crippen LogP contribution in [0.1, 0.15) is 20.3 Å². The molecule has 12 heavy (non-hydrogen) atoms. The van der Waals surface area contributed by atoms with Gasteiger partial charge in [0.1, 0.15) is 6.34 Å². The highest BCUT2D eigenvalue weighted by atomic mass is 14.8. The van der Waals surface area contributed by atoms with Gasteiger partial charge in [0.05, 0.1) is 0 Å². The van der Waals surface area contributed by atoms with Crippen molar-refractivity contribution < 1.29 is 0 Å². The second-order valence-corrected chi connectivity index (χ2v) is 1.99. The molecule has 0 aromatic heterocycles. The summed E-state index contributed by atoms with van der Waals surface area (Å²) in [4.78, 5) is 7.85. The standard InChI is InChI=1S/C8H10N2.C2H6/c1-9-7-10-8-5-3-2-4-6-8;1-2/h2-5,7H,6H2,1H3;1-2H3. The van der Waals surface area contributed by atoms with Gasteiger partial charge in [-0.25, -0.2) is 4.99 Å². The van der Waals surface area contributed by atoms with Crippen LogP contribution in [0, 0.1) is 0 Å². The van der Waals surface area contributed by atoms with Crippen LogP contribution in [0.15, 0.2) is 34.3 Å². The van der Waals surface area contributed by atoms with Crippen LogP contribution in [0.4, 0.5) is 0 Å².